The van der Waals surface area contributed by atoms with E-state index in [1.165, 1.54) is 16.7 Å². The summed E-state index contributed by atoms with van der Waals surface area (Å²) < 4.78 is 4.98. The quantitative estimate of drug-likeness (QED) is 0.775. The first-order chi connectivity index (χ1) is 7.13. The number of hydrogen-bond acceptors (Lipinski definition) is 5. The number of carbonyl (C=O) groups is 1. The highest BCUT2D eigenvalue weighted by Crippen LogP contribution is 2.15. The lowest BCUT2D eigenvalue weighted by Gasteiger charge is -2.09. The number of thiazole rings is 1. The number of carboxylic acid groups (broad SMARTS) is 1. The molecule has 84 valence electrons. The first kappa shape index (κ1) is 11.9. The van der Waals surface area contributed by atoms with Gasteiger partial charge in [-0.1, -0.05) is 6.92 Å². The van der Waals surface area contributed by atoms with Gasteiger partial charge >= 0.3 is 5.97 Å². The van der Waals surface area contributed by atoms with Gasteiger partial charge in [0.1, 0.15) is 0 Å². The van der Waals surface area contributed by atoms with Gasteiger partial charge in [0, 0.05) is 19.0 Å². The van der Waals surface area contributed by atoms with Crippen LogP contribution in [-0.4, -0.2) is 36.3 Å². The summed E-state index contributed by atoms with van der Waals surface area (Å²) in [6, 6.07) is 0. The van der Waals surface area contributed by atoms with Crippen LogP contribution in [0.1, 0.15) is 17.4 Å². The van der Waals surface area contributed by atoms with E-state index in [0.29, 0.717) is 17.7 Å². The second-order valence-electron chi connectivity index (χ2n) is 3.28. The molecule has 1 aromatic heterocycles. The minimum Gasteiger partial charge on any atom is -0.476 e. The predicted octanol–water partition coefficient (Wildman–Crippen LogP) is 1.54. The molecule has 0 aliphatic heterocycles. The van der Waals surface area contributed by atoms with Crippen molar-refractivity contribution in [3.8, 4) is 0 Å². The fraction of sp³-hybridized carbons (Fsp3) is 0.556. The third-order valence-corrected chi connectivity index (χ3v) is 2.58. The molecule has 0 fully saturated rings. The molecule has 15 heavy (non-hydrogen) atoms. The highest BCUT2D eigenvalue weighted by Gasteiger charge is 2.09. The van der Waals surface area contributed by atoms with Gasteiger partial charge in [0.2, 0.25) is 0 Å². The number of hydrogen-bond donors (Lipinski definition) is 2. The molecule has 0 aromatic carbocycles. The van der Waals surface area contributed by atoms with Crippen LogP contribution >= 0.6 is 11.3 Å². The molecular formula is C9H14N2O3S. The summed E-state index contributed by atoms with van der Waals surface area (Å²) in [6.07, 6.45) is 0. The predicted molar refractivity (Wildman–Crippen MR) is 58.6 cm³/mol. The zero-order valence-corrected chi connectivity index (χ0v) is 9.50. The lowest BCUT2D eigenvalue weighted by Crippen LogP contribution is -2.15. The molecule has 0 amide bonds. The van der Waals surface area contributed by atoms with Crippen molar-refractivity contribution in [1.82, 2.24) is 4.98 Å². The number of rotatable bonds is 6. The van der Waals surface area contributed by atoms with Crippen molar-refractivity contribution in [3.05, 3.63) is 11.1 Å². The average molecular weight is 230 g/mol. The summed E-state index contributed by atoms with van der Waals surface area (Å²) >= 11 is 1.29. The molecule has 1 heterocycles. The number of nitrogens with one attached hydrogen (secondary N) is 1. The van der Waals surface area contributed by atoms with E-state index >= 15 is 0 Å². The minimum absolute atomic E-state index is 0.0851. The third-order valence-electron chi connectivity index (χ3n) is 1.78. The summed E-state index contributed by atoms with van der Waals surface area (Å²) in [4.78, 5) is 14.5. The van der Waals surface area contributed by atoms with Crippen LogP contribution < -0.4 is 5.32 Å². The Balaban J connectivity index is 2.40. The number of methoxy groups -OCH3 is 1. The van der Waals surface area contributed by atoms with E-state index in [9.17, 15) is 4.79 Å². The number of aromatic nitrogens is 1. The van der Waals surface area contributed by atoms with Gasteiger partial charge in [0.15, 0.2) is 10.8 Å². The van der Waals surface area contributed by atoms with Crippen LogP contribution in [0.4, 0.5) is 5.13 Å². The van der Waals surface area contributed by atoms with Gasteiger partial charge in [0.25, 0.3) is 0 Å². The van der Waals surface area contributed by atoms with E-state index in [4.69, 9.17) is 9.84 Å². The Morgan fingerprint density at radius 3 is 3.07 bits per heavy atom. The number of anilines is 1. The van der Waals surface area contributed by atoms with Gasteiger partial charge in [-0.05, 0) is 5.92 Å². The molecule has 2 N–H and O–H groups in total. The van der Waals surface area contributed by atoms with Gasteiger partial charge in [-0.25, -0.2) is 9.78 Å². The molecule has 6 heteroatoms. The Bertz CT molecular complexity index is 327. The lowest BCUT2D eigenvalue weighted by atomic mass is 10.2. The molecule has 1 aromatic rings. The van der Waals surface area contributed by atoms with Gasteiger partial charge in [0.05, 0.1) is 6.61 Å². The van der Waals surface area contributed by atoms with Crippen molar-refractivity contribution < 1.29 is 14.6 Å². The molecule has 0 aliphatic rings. The standard InChI is InChI=1S/C9H14N2O3S/c1-6(4-14-2)3-10-9-11-7(5-15-9)8(12)13/h5-6H,3-4H2,1-2H3,(H,10,11)(H,12,13). The maximum Gasteiger partial charge on any atom is 0.355 e. The van der Waals surface area contributed by atoms with Gasteiger partial charge in [-0.2, -0.15) is 0 Å². The number of aromatic carboxylic acids is 1. The normalized spacial score (nSPS) is 12.4. The summed E-state index contributed by atoms with van der Waals surface area (Å²) in [5.74, 6) is -0.628. The van der Waals surface area contributed by atoms with Crippen molar-refractivity contribution in [1.29, 1.82) is 0 Å². The first-order valence-electron chi connectivity index (χ1n) is 4.55. The Labute approximate surface area is 92.1 Å². The van der Waals surface area contributed by atoms with Crippen molar-refractivity contribution in [2.24, 2.45) is 5.92 Å². The van der Waals surface area contributed by atoms with Crippen molar-refractivity contribution in [3.63, 3.8) is 0 Å². The molecule has 1 rings (SSSR count). The smallest absolute Gasteiger partial charge is 0.355 e. The van der Waals surface area contributed by atoms with Crippen LogP contribution in [-0.2, 0) is 4.74 Å². The minimum atomic E-state index is -0.996. The lowest BCUT2D eigenvalue weighted by molar-refractivity contribution is 0.0691. The second-order valence-corrected chi connectivity index (χ2v) is 4.14. The topological polar surface area (TPSA) is 71.5 Å². The fourth-order valence-electron chi connectivity index (χ4n) is 1.06. The second kappa shape index (κ2) is 5.67. The van der Waals surface area contributed by atoms with Crippen molar-refractivity contribution in [2.75, 3.05) is 25.6 Å². The van der Waals surface area contributed by atoms with Crippen LogP contribution in [0.3, 0.4) is 0 Å². The molecule has 0 saturated carbocycles. The average Bonchev–Trinajstić information content (AvgIpc) is 2.63. The fourth-order valence-corrected chi connectivity index (χ4v) is 1.75. The SMILES string of the molecule is COCC(C)CNc1nc(C(=O)O)cs1. The first-order valence-corrected chi connectivity index (χ1v) is 5.43. The summed E-state index contributed by atoms with van der Waals surface area (Å²) in [6.45, 7) is 3.44. The maximum absolute atomic E-state index is 10.6. The van der Waals surface area contributed by atoms with Crippen LogP contribution in [0.2, 0.25) is 0 Å². The maximum atomic E-state index is 10.6. The van der Waals surface area contributed by atoms with E-state index in [-0.39, 0.29) is 5.69 Å². The zero-order chi connectivity index (χ0) is 11.3. The van der Waals surface area contributed by atoms with E-state index in [1.54, 1.807) is 7.11 Å². The van der Waals surface area contributed by atoms with E-state index in [2.05, 4.69) is 10.3 Å². The van der Waals surface area contributed by atoms with Crippen molar-refractivity contribution >= 4 is 22.4 Å². The van der Waals surface area contributed by atoms with Crippen LogP contribution in [0.5, 0.6) is 0 Å². The number of ether oxygens (including phenoxy) is 1. The third kappa shape index (κ3) is 3.85. The van der Waals surface area contributed by atoms with Gasteiger partial charge in [-0.3, -0.25) is 0 Å². The Morgan fingerprint density at radius 1 is 1.80 bits per heavy atom. The molecular weight excluding hydrogens is 216 g/mol. The van der Waals surface area contributed by atoms with Crippen molar-refractivity contribution in [2.45, 2.75) is 6.92 Å². The monoisotopic (exact) mass is 230 g/mol. The Hall–Kier alpha value is -1.14. The van der Waals surface area contributed by atoms with E-state index in [0.717, 1.165) is 6.54 Å². The molecule has 0 spiro atoms. The summed E-state index contributed by atoms with van der Waals surface area (Å²) in [5, 5.41) is 13.9. The largest absolute Gasteiger partial charge is 0.476 e. The van der Waals surface area contributed by atoms with E-state index < -0.39 is 5.97 Å². The van der Waals surface area contributed by atoms with Crippen LogP contribution in [0.25, 0.3) is 0 Å². The molecule has 0 radical (unpaired) electrons. The summed E-state index contributed by atoms with van der Waals surface area (Å²) in [5.41, 5.74) is 0.0851. The molecule has 0 aliphatic carbocycles. The molecule has 1 unspecified atom stereocenters. The van der Waals surface area contributed by atoms with Crippen LogP contribution in [0, 0.1) is 5.92 Å². The Morgan fingerprint density at radius 2 is 2.53 bits per heavy atom. The van der Waals surface area contributed by atoms with Gasteiger partial charge in [-0.15, -0.1) is 11.3 Å². The van der Waals surface area contributed by atoms with Gasteiger partial charge < -0.3 is 15.2 Å². The Kier molecular flexibility index (Phi) is 4.51. The van der Waals surface area contributed by atoms with E-state index in [1.807, 2.05) is 6.92 Å². The summed E-state index contributed by atoms with van der Waals surface area (Å²) in [7, 11) is 1.66. The highest BCUT2D eigenvalue weighted by molar-refractivity contribution is 7.13. The molecule has 1 atom stereocenters. The number of carboxylic acids is 1. The molecule has 0 bridgehead atoms. The zero-order valence-electron chi connectivity index (χ0n) is 8.69. The molecule has 5 nitrogen and oxygen atoms in total. The molecule has 0 saturated heterocycles. The number of nitrogens with zero attached hydrogens (tertiary/aromatic N) is 1. The van der Waals surface area contributed by atoms with Crippen LogP contribution in [0.15, 0.2) is 5.38 Å². The highest BCUT2D eigenvalue weighted by atomic mass is 32.1.